The van der Waals surface area contributed by atoms with Crippen LogP contribution in [0.4, 0.5) is 0 Å². The molecular formula is C63H101N13O22. The van der Waals surface area contributed by atoms with Gasteiger partial charge in [-0.05, 0) is 89.5 Å². The molecule has 11 amide bonds. The van der Waals surface area contributed by atoms with Crippen molar-refractivity contribution in [3.63, 3.8) is 0 Å². The Kier molecular flexibility index (Phi) is 34.6. The SMILES string of the molecule is CC(C)CC/C=C\C=C\C(=O)N[C@H](C(=O)N[C@@H]1C(=O)N[C@H](C(C)C)C(=O)N[C@@H](CCCCN)C(=O)N[C@@H](C(O)C(=O)O)C(=O)N[C@@H](CC(=O)O)C(=O)NCC(=O)N[C@H](C(C)C(=O)O)C(=O)N[C@@H](C(C)C)C(=O)N2C[C@H](C)C[C@H]2C(=O)NC1C)C(C)C(=O)OC(CC(=O)[O-])C[N+](C)(C)C. The fourth-order valence-corrected chi connectivity index (χ4v) is 10.5. The molecule has 2 rings (SSSR count). The van der Waals surface area contributed by atoms with E-state index >= 15 is 9.59 Å². The molecule has 35 heteroatoms. The lowest BCUT2D eigenvalue weighted by molar-refractivity contribution is -0.873. The van der Waals surface area contributed by atoms with E-state index in [9.17, 15) is 92.7 Å². The number of quaternary nitrogens is 1. The van der Waals surface area contributed by atoms with Crippen LogP contribution in [0.3, 0.4) is 0 Å². The number of hydrogen-bond donors (Lipinski definition) is 15. The minimum atomic E-state index is -2.86. The van der Waals surface area contributed by atoms with Gasteiger partial charge in [0.1, 0.15) is 60.9 Å². The van der Waals surface area contributed by atoms with E-state index in [2.05, 4.69) is 37.2 Å². The highest BCUT2D eigenvalue weighted by Crippen LogP contribution is 2.26. The fourth-order valence-electron chi connectivity index (χ4n) is 10.5. The van der Waals surface area contributed by atoms with E-state index in [4.69, 9.17) is 10.5 Å². The number of aliphatic hydroxyl groups is 1. The summed E-state index contributed by atoms with van der Waals surface area (Å²) < 4.78 is 5.73. The van der Waals surface area contributed by atoms with Gasteiger partial charge in [0.2, 0.25) is 65.0 Å². The van der Waals surface area contributed by atoms with Crippen LogP contribution in [-0.2, 0) is 81.4 Å². The predicted octanol–water partition coefficient (Wildman–Crippen LogP) is -5.24. The molecule has 0 saturated carbocycles. The molecule has 550 valence electrons. The number of fused-ring (bicyclic) bond motifs is 1. The molecule has 98 heavy (non-hydrogen) atoms. The molecule has 0 aromatic rings. The maximum Gasteiger partial charge on any atom is 0.335 e. The number of likely N-dealkylation sites (N-methyl/N-ethyl adjacent to an activating group) is 1. The zero-order chi connectivity index (χ0) is 74.8. The molecular weight excluding hydrogens is 1290 g/mol. The monoisotopic (exact) mass is 1390 g/mol. The minimum absolute atomic E-state index is 0.0346. The van der Waals surface area contributed by atoms with E-state index in [-0.39, 0.29) is 49.8 Å². The number of aliphatic hydroxyl groups excluding tert-OH is 1. The summed E-state index contributed by atoms with van der Waals surface area (Å²) in [7, 11) is 5.03. The molecule has 15 atom stereocenters. The number of carboxylic acids is 4. The number of allylic oxidation sites excluding steroid dienone is 3. The van der Waals surface area contributed by atoms with Gasteiger partial charge < -0.3 is 103 Å². The number of amides is 11. The Bertz CT molecular complexity index is 2950. The first kappa shape index (κ1) is 85.0. The van der Waals surface area contributed by atoms with Gasteiger partial charge >= 0.3 is 23.9 Å². The summed E-state index contributed by atoms with van der Waals surface area (Å²) in [4.78, 5) is 222. The van der Waals surface area contributed by atoms with Gasteiger partial charge in [-0.2, -0.15) is 0 Å². The lowest BCUT2D eigenvalue weighted by Gasteiger charge is -2.34. The molecule has 0 bridgehead atoms. The van der Waals surface area contributed by atoms with Gasteiger partial charge in [0, 0.05) is 25.0 Å². The van der Waals surface area contributed by atoms with Crippen LogP contribution in [0.5, 0.6) is 0 Å². The third kappa shape index (κ3) is 28.1. The molecule has 2 saturated heterocycles. The maximum atomic E-state index is 15.2. The van der Waals surface area contributed by atoms with Gasteiger partial charge in [0.15, 0.2) is 12.2 Å². The lowest BCUT2D eigenvalue weighted by Crippen LogP contribution is -2.65. The normalized spacial score (nSPS) is 25.0. The number of aliphatic carboxylic acids is 4. The third-order valence-corrected chi connectivity index (χ3v) is 16.0. The van der Waals surface area contributed by atoms with Gasteiger partial charge in [-0.25, -0.2) is 4.79 Å². The first-order valence-electron chi connectivity index (χ1n) is 32.4. The summed E-state index contributed by atoms with van der Waals surface area (Å²) in [5.41, 5.74) is 5.73. The molecule has 2 fully saturated rings. The number of nitrogens with zero attached hydrogens (tertiary/aromatic N) is 2. The number of nitrogens with two attached hydrogens (primary N) is 1. The maximum absolute atomic E-state index is 15.2. The van der Waals surface area contributed by atoms with Crippen molar-refractivity contribution in [3.05, 3.63) is 24.3 Å². The minimum Gasteiger partial charge on any atom is -0.550 e. The number of carbonyl (C=O) groups is 16. The van der Waals surface area contributed by atoms with Crippen LogP contribution in [0.25, 0.3) is 0 Å². The average molecular weight is 1390 g/mol. The second kappa shape index (κ2) is 39.9. The molecule has 35 nitrogen and oxygen atoms in total. The average Bonchev–Trinajstić information content (AvgIpc) is 1.61. The van der Waals surface area contributed by atoms with Crippen molar-refractivity contribution in [2.45, 2.75) is 193 Å². The second-order valence-corrected chi connectivity index (χ2v) is 26.9. The molecule has 0 aromatic carbocycles. The standard InChI is InChI=1S/C63H101N13O22/c1-30(2)20-16-14-15-17-22-41(77)69-48(35(9)63(97)98-37(25-43(79)80)29-76(11,12)13)57(89)73-49-36(10)66-54(86)40-24-33(7)28-75(40)60(92)46(32(5)6)72-56(88)47(34(8)61(93)94)70-42(78)27-65-52(84)39(26-44(81)82)68-59(91)50(51(83)62(95)96)74-53(85)38(21-18-19-23-64)67-55(87)45(31(3)4)71-58(49)90/h14-15,17,22,30-40,45-51,83H,16,18-21,23-29,64H2,1-13H3,(H13-,65,66,67,68,69,70,71,72,73,74,77,78,79,80,81,82,84,85,86,87,88,89,90,91,93,94,95,96)/b15-14-,22-17+/t33-,34?,35?,36?,37?,38+,39+,40+,45-,46+,47-,48+,49+,50+,51?/m1/s1. The van der Waals surface area contributed by atoms with Crippen molar-refractivity contribution >= 4 is 94.8 Å². The van der Waals surface area contributed by atoms with Gasteiger partial charge in [0.25, 0.3) is 0 Å². The van der Waals surface area contributed by atoms with Gasteiger partial charge in [-0.3, -0.25) is 67.1 Å². The third-order valence-electron chi connectivity index (χ3n) is 16.0. The molecule has 5 unspecified atom stereocenters. The highest BCUT2D eigenvalue weighted by Gasteiger charge is 2.46. The summed E-state index contributed by atoms with van der Waals surface area (Å²) in [6.45, 7) is 13.6. The van der Waals surface area contributed by atoms with Crippen molar-refractivity contribution in [3.8, 4) is 0 Å². The van der Waals surface area contributed by atoms with E-state index in [0.29, 0.717) is 12.3 Å². The zero-order valence-corrected chi connectivity index (χ0v) is 57.8. The zero-order valence-electron chi connectivity index (χ0n) is 57.8. The van der Waals surface area contributed by atoms with Crippen LogP contribution in [0.15, 0.2) is 24.3 Å². The molecule has 2 aliphatic heterocycles. The number of hydrogen-bond acceptors (Lipinski definition) is 20. The Hall–Kier alpha value is -9.12. The molecule has 0 radical (unpaired) electrons. The van der Waals surface area contributed by atoms with Crippen molar-refractivity contribution in [2.75, 3.05) is 47.3 Å². The van der Waals surface area contributed by atoms with Crippen molar-refractivity contribution in [2.24, 2.45) is 41.2 Å². The summed E-state index contributed by atoms with van der Waals surface area (Å²) in [5.74, 6) is -27.3. The largest absolute Gasteiger partial charge is 0.550 e. The summed E-state index contributed by atoms with van der Waals surface area (Å²) in [6, 6.07) is -19.0. The summed E-state index contributed by atoms with van der Waals surface area (Å²) >= 11 is 0. The number of nitrogens with one attached hydrogen (secondary N) is 10. The van der Waals surface area contributed by atoms with Crippen molar-refractivity contribution in [1.82, 2.24) is 58.1 Å². The van der Waals surface area contributed by atoms with Crippen LogP contribution < -0.4 is 64.0 Å². The Labute approximate surface area is 568 Å². The number of carboxylic acid groups (broad SMARTS) is 4. The van der Waals surface area contributed by atoms with Crippen LogP contribution in [0.1, 0.15) is 121 Å². The summed E-state index contributed by atoms with van der Waals surface area (Å²) in [5, 5.41) is 75.5. The molecule has 0 aromatic heterocycles. The number of carbonyl (C=O) groups excluding carboxylic acids is 13. The first-order valence-corrected chi connectivity index (χ1v) is 32.4. The van der Waals surface area contributed by atoms with Crippen LogP contribution in [0.2, 0.25) is 0 Å². The van der Waals surface area contributed by atoms with Crippen molar-refractivity contribution < 1.29 is 111 Å². The Balaban J connectivity index is 3.09. The first-order chi connectivity index (χ1) is 45.5. The fraction of sp³-hybridized carbons (Fsp3) is 0.683. The molecule has 16 N–H and O–H groups in total. The van der Waals surface area contributed by atoms with E-state index in [0.717, 1.165) is 31.2 Å². The Morgan fingerprint density at radius 3 is 1.84 bits per heavy atom. The molecule has 2 heterocycles. The molecule has 2 aliphatic rings. The number of unbranched alkanes of at least 4 members (excludes halogenated alkanes) is 1. The second-order valence-electron chi connectivity index (χ2n) is 26.9. The smallest absolute Gasteiger partial charge is 0.335 e. The van der Waals surface area contributed by atoms with Gasteiger partial charge in [0.05, 0.1) is 52.0 Å². The molecule has 0 spiro atoms. The van der Waals surface area contributed by atoms with Crippen molar-refractivity contribution in [1.29, 1.82) is 0 Å². The van der Waals surface area contributed by atoms with E-state index in [1.165, 1.54) is 40.7 Å². The van der Waals surface area contributed by atoms with Crippen LogP contribution in [0, 0.1) is 35.5 Å². The highest BCUT2D eigenvalue weighted by molar-refractivity contribution is 6.02. The predicted molar refractivity (Wildman–Crippen MR) is 345 cm³/mol. The number of ether oxygens (including phenoxy) is 1. The Morgan fingerprint density at radius 1 is 0.704 bits per heavy atom. The van der Waals surface area contributed by atoms with E-state index in [1.807, 2.05) is 29.8 Å². The van der Waals surface area contributed by atoms with E-state index < -0.39 is 216 Å². The number of rotatable bonds is 27. The Morgan fingerprint density at radius 2 is 1.29 bits per heavy atom. The lowest BCUT2D eigenvalue weighted by atomic mass is 9.97. The van der Waals surface area contributed by atoms with Gasteiger partial charge in [-0.1, -0.05) is 66.7 Å². The highest BCUT2D eigenvalue weighted by atomic mass is 16.5. The topological polar surface area (TPSA) is 536 Å². The van der Waals surface area contributed by atoms with E-state index in [1.54, 1.807) is 40.2 Å². The molecule has 0 aliphatic carbocycles. The summed E-state index contributed by atoms with van der Waals surface area (Å²) in [6.07, 6.45) is 0.743. The quantitative estimate of drug-likeness (QED) is 0.0120. The number of esters is 1. The van der Waals surface area contributed by atoms with Crippen LogP contribution >= 0.6 is 0 Å². The van der Waals surface area contributed by atoms with Gasteiger partial charge in [-0.15, -0.1) is 0 Å². The van der Waals surface area contributed by atoms with Crippen LogP contribution in [-0.4, -0.2) is 245 Å².